The van der Waals surface area contributed by atoms with Crippen molar-refractivity contribution in [2.24, 2.45) is 0 Å². The molecule has 0 aliphatic heterocycles. The highest BCUT2D eigenvalue weighted by Crippen LogP contribution is 2.43. The topological polar surface area (TPSA) is 16.4 Å². The molecule has 0 spiro atoms. The van der Waals surface area contributed by atoms with Crippen molar-refractivity contribution in [2.75, 3.05) is 4.90 Å². The second kappa shape index (κ2) is 12.8. The lowest BCUT2D eigenvalue weighted by Gasteiger charge is -2.28. The molecule has 0 aliphatic rings. The zero-order valence-corrected chi connectivity index (χ0v) is 27.4. The lowest BCUT2D eigenvalue weighted by molar-refractivity contribution is 0.631. The van der Waals surface area contributed by atoms with Crippen molar-refractivity contribution >= 4 is 38.8 Å². The van der Waals surface area contributed by atoms with Gasteiger partial charge in [-0.3, -0.25) is 0 Å². The van der Waals surface area contributed by atoms with Gasteiger partial charge < -0.3 is 9.32 Å². The van der Waals surface area contributed by atoms with Gasteiger partial charge in [-0.15, -0.1) is 0 Å². The van der Waals surface area contributed by atoms with E-state index in [1.54, 1.807) is 0 Å². The van der Waals surface area contributed by atoms with Crippen molar-refractivity contribution in [3.8, 4) is 44.7 Å². The molecule has 0 saturated heterocycles. The first kappa shape index (κ1) is 29.5. The summed E-state index contributed by atoms with van der Waals surface area (Å²) >= 11 is 0. The minimum Gasteiger partial charge on any atom is -0.456 e. The van der Waals surface area contributed by atoms with Gasteiger partial charge in [0.15, 0.2) is 0 Å². The Balaban J connectivity index is 1.17. The Morgan fingerprint density at radius 2 is 0.920 bits per heavy atom. The van der Waals surface area contributed by atoms with E-state index in [9.17, 15) is 0 Å². The Hall–Kier alpha value is -6.64. The van der Waals surface area contributed by atoms with Gasteiger partial charge in [-0.05, 0) is 81.1 Å². The average Bonchev–Trinajstić information content (AvgIpc) is 3.64. The standard InChI is InChI=1S/C48H33NO/c1-2-12-34(13-3-1)35-24-26-38(27-25-35)45-20-7-8-22-46(45)49(42-18-10-17-39(32-42)48-33-40-15-5-9-23-47(40)50-48)41-30-28-37(29-31-41)44-21-11-16-36-14-4-6-19-43(36)44/h1-33H. The minimum absolute atomic E-state index is 0.851. The van der Waals surface area contributed by atoms with Gasteiger partial charge >= 0.3 is 0 Å². The number of fused-ring (bicyclic) bond motifs is 2. The third-order valence-electron chi connectivity index (χ3n) is 9.49. The Labute approximate surface area is 292 Å². The number of anilines is 3. The molecule has 1 heterocycles. The summed E-state index contributed by atoms with van der Waals surface area (Å²) < 4.78 is 6.32. The van der Waals surface area contributed by atoms with Crippen LogP contribution in [-0.4, -0.2) is 0 Å². The Morgan fingerprint density at radius 3 is 1.76 bits per heavy atom. The molecule has 2 heteroatoms. The van der Waals surface area contributed by atoms with E-state index >= 15 is 0 Å². The summed E-state index contributed by atoms with van der Waals surface area (Å²) in [6.45, 7) is 0. The summed E-state index contributed by atoms with van der Waals surface area (Å²) in [4.78, 5) is 2.36. The van der Waals surface area contributed by atoms with Crippen LogP contribution in [-0.2, 0) is 0 Å². The van der Waals surface area contributed by atoms with Crippen LogP contribution >= 0.6 is 0 Å². The fraction of sp³-hybridized carbons (Fsp3) is 0. The summed E-state index contributed by atoms with van der Waals surface area (Å²) in [7, 11) is 0. The van der Waals surface area contributed by atoms with Gasteiger partial charge in [0.25, 0.3) is 0 Å². The van der Waals surface area contributed by atoms with E-state index in [1.165, 1.54) is 33.0 Å². The molecule has 9 aromatic rings. The molecule has 1 aromatic heterocycles. The Kier molecular flexibility index (Phi) is 7.53. The van der Waals surface area contributed by atoms with Gasteiger partial charge in [-0.25, -0.2) is 0 Å². The third kappa shape index (κ3) is 5.53. The van der Waals surface area contributed by atoms with Gasteiger partial charge in [0.2, 0.25) is 0 Å². The Morgan fingerprint density at radius 1 is 0.340 bits per heavy atom. The van der Waals surface area contributed by atoms with Crippen molar-refractivity contribution in [3.63, 3.8) is 0 Å². The van der Waals surface area contributed by atoms with Crippen molar-refractivity contribution in [1.29, 1.82) is 0 Å². The number of rotatable bonds is 7. The highest BCUT2D eigenvalue weighted by Gasteiger charge is 2.19. The quantitative estimate of drug-likeness (QED) is 0.173. The zero-order valence-electron chi connectivity index (χ0n) is 27.4. The number of furan rings is 1. The summed E-state index contributed by atoms with van der Waals surface area (Å²) in [5, 5.41) is 3.59. The molecule has 8 aromatic carbocycles. The van der Waals surface area contributed by atoms with Gasteiger partial charge in [-0.2, -0.15) is 0 Å². The lowest BCUT2D eigenvalue weighted by atomic mass is 9.97. The van der Waals surface area contributed by atoms with Crippen LogP contribution in [0.4, 0.5) is 17.1 Å². The normalized spacial score (nSPS) is 11.2. The summed E-state index contributed by atoms with van der Waals surface area (Å²) in [5.41, 5.74) is 12.3. The van der Waals surface area contributed by atoms with Crippen molar-refractivity contribution in [2.45, 2.75) is 0 Å². The highest BCUT2D eigenvalue weighted by atomic mass is 16.3. The number of nitrogens with zero attached hydrogens (tertiary/aromatic N) is 1. The van der Waals surface area contributed by atoms with Crippen molar-refractivity contribution in [1.82, 2.24) is 0 Å². The van der Waals surface area contributed by atoms with Gasteiger partial charge in [0.05, 0.1) is 5.69 Å². The molecule has 0 radical (unpaired) electrons. The maximum absolute atomic E-state index is 6.32. The fourth-order valence-electron chi connectivity index (χ4n) is 7.00. The van der Waals surface area contributed by atoms with Crippen LogP contribution < -0.4 is 4.90 Å². The first-order valence-electron chi connectivity index (χ1n) is 17.0. The van der Waals surface area contributed by atoms with E-state index in [0.29, 0.717) is 0 Å². The average molecular weight is 640 g/mol. The van der Waals surface area contributed by atoms with E-state index in [4.69, 9.17) is 4.42 Å². The van der Waals surface area contributed by atoms with Crippen LogP contribution in [0.2, 0.25) is 0 Å². The molecule has 0 unspecified atom stereocenters. The molecule has 0 aliphatic carbocycles. The zero-order chi connectivity index (χ0) is 33.3. The SMILES string of the molecule is c1ccc(-c2ccc(-c3ccccc3N(c3ccc(-c4cccc5ccccc45)cc3)c3cccc(-c4cc5ccccc5o4)c3)cc2)cc1. The maximum Gasteiger partial charge on any atom is 0.135 e. The van der Waals surface area contributed by atoms with Crippen LogP contribution in [0.3, 0.4) is 0 Å². The molecule has 236 valence electrons. The smallest absolute Gasteiger partial charge is 0.135 e. The van der Waals surface area contributed by atoms with E-state index in [0.717, 1.165) is 50.5 Å². The minimum atomic E-state index is 0.851. The molecule has 0 atom stereocenters. The molecule has 0 saturated carbocycles. The molecule has 9 rings (SSSR count). The number of hydrogen-bond acceptors (Lipinski definition) is 2. The summed E-state index contributed by atoms with van der Waals surface area (Å²) in [6.07, 6.45) is 0. The first-order valence-corrected chi connectivity index (χ1v) is 17.0. The summed E-state index contributed by atoms with van der Waals surface area (Å²) in [6, 6.07) is 71.1. The predicted molar refractivity (Wildman–Crippen MR) is 210 cm³/mol. The number of benzene rings is 8. The van der Waals surface area contributed by atoms with Crippen LogP contribution in [0.1, 0.15) is 0 Å². The fourth-order valence-corrected chi connectivity index (χ4v) is 7.00. The van der Waals surface area contributed by atoms with Crippen molar-refractivity contribution < 1.29 is 4.42 Å². The van der Waals surface area contributed by atoms with Crippen LogP contribution in [0.5, 0.6) is 0 Å². The predicted octanol–water partition coefficient (Wildman–Crippen LogP) is 13.7. The van der Waals surface area contributed by atoms with E-state index in [2.05, 4.69) is 187 Å². The number of para-hydroxylation sites is 2. The number of hydrogen-bond donors (Lipinski definition) is 0. The van der Waals surface area contributed by atoms with Crippen LogP contribution in [0.15, 0.2) is 205 Å². The molecule has 2 nitrogen and oxygen atoms in total. The molecule has 0 fully saturated rings. The van der Waals surface area contributed by atoms with E-state index < -0.39 is 0 Å². The first-order chi connectivity index (χ1) is 24.8. The molecular weight excluding hydrogens is 607 g/mol. The Bertz CT molecular complexity index is 2540. The van der Waals surface area contributed by atoms with Crippen LogP contribution in [0, 0.1) is 0 Å². The molecule has 50 heavy (non-hydrogen) atoms. The molecule has 0 N–H and O–H groups in total. The second-order valence-corrected chi connectivity index (χ2v) is 12.6. The van der Waals surface area contributed by atoms with Gasteiger partial charge in [0.1, 0.15) is 11.3 Å². The van der Waals surface area contributed by atoms with Gasteiger partial charge in [0, 0.05) is 27.9 Å². The molecular formula is C48H33NO. The largest absolute Gasteiger partial charge is 0.456 e. The van der Waals surface area contributed by atoms with E-state index in [-0.39, 0.29) is 0 Å². The van der Waals surface area contributed by atoms with E-state index in [1.807, 2.05) is 18.2 Å². The summed E-state index contributed by atoms with van der Waals surface area (Å²) in [5.74, 6) is 0.851. The second-order valence-electron chi connectivity index (χ2n) is 12.6. The lowest BCUT2D eigenvalue weighted by Crippen LogP contribution is -2.11. The van der Waals surface area contributed by atoms with Crippen LogP contribution in [0.25, 0.3) is 66.4 Å². The monoisotopic (exact) mass is 639 g/mol. The third-order valence-corrected chi connectivity index (χ3v) is 9.49. The molecule has 0 bridgehead atoms. The maximum atomic E-state index is 6.32. The van der Waals surface area contributed by atoms with Gasteiger partial charge in [-0.1, -0.05) is 158 Å². The molecule has 0 amide bonds. The van der Waals surface area contributed by atoms with Crippen molar-refractivity contribution in [3.05, 3.63) is 200 Å². The highest BCUT2D eigenvalue weighted by molar-refractivity contribution is 5.97.